The average molecular weight is 255 g/mol. The van der Waals surface area contributed by atoms with Gasteiger partial charge in [0.2, 0.25) is 0 Å². The average Bonchev–Trinajstić information content (AvgIpc) is 2.92. The molecule has 0 unspecified atom stereocenters. The Kier molecular flexibility index (Phi) is 4.58. The van der Waals surface area contributed by atoms with Gasteiger partial charge in [-0.05, 0) is 11.6 Å². The van der Waals surface area contributed by atoms with Gasteiger partial charge in [-0.25, -0.2) is 15.1 Å². The van der Waals surface area contributed by atoms with E-state index in [9.17, 15) is 4.79 Å². The molecule has 1 N–H and O–H groups in total. The van der Waals surface area contributed by atoms with Crippen LogP contribution in [0, 0.1) is 0 Å². The topological polar surface area (TPSA) is 72.2 Å². The van der Waals surface area contributed by atoms with E-state index in [0.29, 0.717) is 0 Å². The number of hydrogen-bond acceptors (Lipinski definition) is 4. The van der Waals surface area contributed by atoms with E-state index in [1.807, 2.05) is 36.4 Å². The van der Waals surface area contributed by atoms with Crippen LogP contribution in [0.25, 0.3) is 6.08 Å². The fraction of sp³-hybridized carbons (Fsp3) is 0.0769. The first-order valence-corrected chi connectivity index (χ1v) is 5.70. The summed E-state index contributed by atoms with van der Waals surface area (Å²) in [5, 5.41) is 7.61. The van der Waals surface area contributed by atoms with Crippen molar-refractivity contribution in [2.75, 3.05) is 0 Å². The van der Waals surface area contributed by atoms with Crippen LogP contribution in [-0.2, 0) is 11.3 Å². The monoisotopic (exact) mass is 255 g/mol. The number of nitrogens with one attached hydrogen (secondary N) is 1. The Labute approximate surface area is 110 Å². The molecule has 0 fully saturated rings. The first-order chi connectivity index (χ1) is 9.34. The van der Waals surface area contributed by atoms with Crippen LogP contribution in [0.5, 0.6) is 0 Å². The van der Waals surface area contributed by atoms with E-state index in [4.69, 9.17) is 0 Å². The van der Waals surface area contributed by atoms with E-state index in [2.05, 4.69) is 20.6 Å². The largest absolute Gasteiger partial charge is 0.271 e. The number of carbonyl (C=O) groups is 1. The van der Waals surface area contributed by atoms with Gasteiger partial charge in [-0.15, -0.1) is 0 Å². The summed E-state index contributed by atoms with van der Waals surface area (Å²) in [4.78, 5) is 15.1. The Morgan fingerprint density at radius 3 is 2.95 bits per heavy atom. The van der Waals surface area contributed by atoms with Gasteiger partial charge in [0.25, 0.3) is 5.91 Å². The molecule has 19 heavy (non-hydrogen) atoms. The minimum absolute atomic E-state index is 0.0970. The maximum Gasteiger partial charge on any atom is 0.261 e. The smallest absolute Gasteiger partial charge is 0.261 e. The molecule has 6 heteroatoms. The molecule has 96 valence electrons. The first-order valence-electron chi connectivity index (χ1n) is 5.70. The van der Waals surface area contributed by atoms with Gasteiger partial charge in [0.15, 0.2) is 0 Å². The molecule has 0 atom stereocenters. The number of rotatable bonds is 5. The maximum atomic E-state index is 11.4. The lowest BCUT2D eigenvalue weighted by atomic mass is 10.2. The molecule has 6 nitrogen and oxygen atoms in total. The van der Waals surface area contributed by atoms with Crippen LogP contribution in [0.3, 0.4) is 0 Å². The Morgan fingerprint density at radius 1 is 1.37 bits per heavy atom. The molecular weight excluding hydrogens is 242 g/mol. The van der Waals surface area contributed by atoms with Crippen molar-refractivity contribution in [3.63, 3.8) is 0 Å². The zero-order chi connectivity index (χ0) is 13.3. The molecule has 0 saturated heterocycles. The summed E-state index contributed by atoms with van der Waals surface area (Å²) >= 11 is 0. The van der Waals surface area contributed by atoms with Crippen LogP contribution in [0.15, 0.2) is 54.2 Å². The minimum atomic E-state index is -0.255. The molecular formula is C13H13N5O. The number of hydrogen-bond donors (Lipinski definition) is 1. The van der Waals surface area contributed by atoms with Gasteiger partial charge in [0.05, 0.1) is 0 Å². The summed E-state index contributed by atoms with van der Waals surface area (Å²) in [7, 11) is 0. The van der Waals surface area contributed by atoms with Gasteiger partial charge in [-0.1, -0.05) is 36.4 Å². The predicted molar refractivity (Wildman–Crippen MR) is 72.1 cm³/mol. The number of aromatic nitrogens is 3. The highest BCUT2D eigenvalue weighted by atomic mass is 16.2. The van der Waals surface area contributed by atoms with Gasteiger partial charge in [0, 0.05) is 6.21 Å². The van der Waals surface area contributed by atoms with E-state index >= 15 is 0 Å². The van der Waals surface area contributed by atoms with E-state index < -0.39 is 0 Å². The lowest BCUT2D eigenvalue weighted by molar-refractivity contribution is -0.121. The maximum absolute atomic E-state index is 11.4. The molecule has 1 aromatic heterocycles. The quantitative estimate of drug-likeness (QED) is 0.642. The number of carbonyl (C=O) groups excluding carboxylic acids is 1. The van der Waals surface area contributed by atoms with Crippen LogP contribution in [0.1, 0.15) is 5.56 Å². The van der Waals surface area contributed by atoms with Crippen molar-refractivity contribution in [2.24, 2.45) is 5.10 Å². The van der Waals surface area contributed by atoms with E-state index in [1.165, 1.54) is 23.6 Å². The molecule has 0 radical (unpaired) electrons. The third-order valence-corrected chi connectivity index (χ3v) is 2.21. The second-order valence-electron chi connectivity index (χ2n) is 3.68. The van der Waals surface area contributed by atoms with Gasteiger partial charge in [0.1, 0.15) is 19.2 Å². The highest BCUT2D eigenvalue weighted by molar-refractivity contribution is 5.81. The fourth-order valence-electron chi connectivity index (χ4n) is 1.37. The second kappa shape index (κ2) is 6.85. The molecule has 0 aliphatic rings. The number of nitrogens with zero attached hydrogens (tertiary/aromatic N) is 4. The third-order valence-electron chi connectivity index (χ3n) is 2.21. The van der Waals surface area contributed by atoms with Gasteiger partial charge in [-0.3, -0.25) is 4.79 Å². The number of amides is 1. The second-order valence-corrected chi connectivity index (χ2v) is 3.68. The standard InChI is InChI=1S/C13H13N5O/c19-13(9-18-11-14-10-16-18)17-15-8-4-7-12-5-2-1-3-6-12/h1-8,10-11H,9H2,(H,17,19)/b7-4+,15-8+. The van der Waals surface area contributed by atoms with Gasteiger partial charge < -0.3 is 0 Å². The molecule has 0 bridgehead atoms. The molecule has 0 aliphatic heterocycles. The lowest BCUT2D eigenvalue weighted by Crippen LogP contribution is -2.23. The van der Waals surface area contributed by atoms with Crippen LogP contribution in [0.4, 0.5) is 0 Å². The van der Waals surface area contributed by atoms with Crippen LogP contribution in [-0.4, -0.2) is 26.9 Å². The molecule has 0 spiro atoms. The number of benzene rings is 1. The number of allylic oxidation sites excluding steroid dienone is 1. The predicted octanol–water partition coefficient (Wildman–Crippen LogP) is 1.09. The number of hydrazone groups is 1. The minimum Gasteiger partial charge on any atom is -0.271 e. The van der Waals surface area contributed by atoms with Crippen LogP contribution >= 0.6 is 0 Å². The third kappa shape index (κ3) is 4.55. The van der Waals surface area contributed by atoms with Crippen molar-refractivity contribution in [2.45, 2.75) is 6.54 Å². The summed E-state index contributed by atoms with van der Waals surface area (Å²) in [5.41, 5.74) is 3.47. The fourth-order valence-corrected chi connectivity index (χ4v) is 1.37. The van der Waals surface area contributed by atoms with E-state index in [1.54, 1.807) is 6.08 Å². The van der Waals surface area contributed by atoms with Crippen LogP contribution in [0.2, 0.25) is 0 Å². The molecule has 2 rings (SSSR count). The van der Waals surface area contributed by atoms with Crippen molar-refractivity contribution in [1.29, 1.82) is 0 Å². The first kappa shape index (κ1) is 12.7. The van der Waals surface area contributed by atoms with Crippen molar-refractivity contribution >= 4 is 18.2 Å². The molecule has 0 saturated carbocycles. The molecule has 1 aromatic carbocycles. The summed E-state index contributed by atoms with van der Waals surface area (Å²) in [6.07, 6.45) is 8.02. The Bertz CT molecular complexity index is 560. The van der Waals surface area contributed by atoms with Gasteiger partial charge in [-0.2, -0.15) is 10.2 Å². The van der Waals surface area contributed by atoms with Crippen molar-refractivity contribution < 1.29 is 4.79 Å². The van der Waals surface area contributed by atoms with Crippen molar-refractivity contribution in [1.82, 2.24) is 20.2 Å². The Balaban J connectivity index is 1.74. The van der Waals surface area contributed by atoms with Crippen molar-refractivity contribution in [3.05, 3.63) is 54.6 Å². The van der Waals surface area contributed by atoms with Gasteiger partial charge >= 0.3 is 0 Å². The zero-order valence-corrected chi connectivity index (χ0v) is 10.2. The molecule has 0 aliphatic carbocycles. The Morgan fingerprint density at radius 2 is 2.21 bits per heavy atom. The highest BCUT2D eigenvalue weighted by Gasteiger charge is 1.99. The van der Waals surface area contributed by atoms with E-state index in [0.717, 1.165) is 5.56 Å². The summed E-state index contributed by atoms with van der Waals surface area (Å²) in [5.74, 6) is -0.255. The Hall–Kier alpha value is -2.76. The molecule has 2 aromatic rings. The highest BCUT2D eigenvalue weighted by Crippen LogP contribution is 1.99. The summed E-state index contributed by atoms with van der Waals surface area (Å²) in [6, 6.07) is 9.82. The van der Waals surface area contributed by atoms with Crippen LogP contribution < -0.4 is 5.43 Å². The summed E-state index contributed by atoms with van der Waals surface area (Å²) < 4.78 is 1.42. The SMILES string of the molecule is O=C(Cn1cncn1)N/N=C/C=C/c1ccccc1. The van der Waals surface area contributed by atoms with Crippen molar-refractivity contribution in [3.8, 4) is 0 Å². The zero-order valence-electron chi connectivity index (χ0n) is 10.2. The molecule has 1 heterocycles. The molecule has 1 amide bonds. The van der Waals surface area contributed by atoms with E-state index in [-0.39, 0.29) is 12.5 Å². The summed E-state index contributed by atoms with van der Waals surface area (Å²) in [6.45, 7) is 0.0970. The lowest BCUT2D eigenvalue weighted by Gasteiger charge is -1.97. The normalized spacial score (nSPS) is 11.2.